The number of aromatic carboxylic acids is 1. The van der Waals surface area contributed by atoms with Crippen molar-refractivity contribution in [2.24, 2.45) is 0 Å². The van der Waals surface area contributed by atoms with Crippen LogP contribution < -0.4 is 0 Å². The Balaban J connectivity index is 1.81. The highest BCUT2D eigenvalue weighted by molar-refractivity contribution is 7.98. The normalized spacial score (nSPS) is 10.8. The number of carbonyl (C=O) groups is 1. The van der Waals surface area contributed by atoms with E-state index < -0.39 is 5.97 Å². The average Bonchev–Trinajstić information content (AvgIpc) is 2.89. The van der Waals surface area contributed by atoms with Crippen molar-refractivity contribution in [1.29, 1.82) is 0 Å². The van der Waals surface area contributed by atoms with Crippen molar-refractivity contribution >= 4 is 23.4 Å². The number of carboxylic acid groups (broad SMARTS) is 1. The summed E-state index contributed by atoms with van der Waals surface area (Å²) < 4.78 is 1.50. The summed E-state index contributed by atoms with van der Waals surface area (Å²) in [5.74, 6) is -0.182. The molecule has 1 N–H and O–H groups in total. The van der Waals surface area contributed by atoms with Gasteiger partial charge in [-0.1, -0.05) is 30.3 Å². The van der Waals surface area contributed by atoms with Crippen LogP contribution in [0.3, 0.4) is 0 Å². The lowest BCUT2D eigenvalue weighted by molar-refractivity contribution is 0.0699. The van der Waals surface area contributed by atoms with Crippen LogP contribution in [0, 0.1) is 0 Å². The third-order valence-corrected chi connectivity index (χ3v) is 3.83. The van der Waals surface area contributed by atoms with Gasteiger partial charge in [-0.05, 0) is 5.56 Å². The number of benzene rings is 1. The molecule has 3 rings (SSSR count). The van der Waals surface area contributed by atoms with Crippen molar-refractivity contribution in [3.05, 3.63) is 60.0 Å². The van der Waals surface area contributed by atoms with Gasteiger partial charge in [-0.15, -0.1) is 11.8 Å². The number of rotatable bonds is 4. The number of nitrogens with zero attached hydrogens (tertiary/aromatic N) is 3. The Morgan fingerprint density at radius 2 is 2.05 bits per heavy atom. The number of hydrogen-bond donors (Lipinski definition) is 1. The van der Waals surface area contributed by atoms with E-state index in [4.69, 9.17) is 5.11 Å². The van der Waals surface area contributed by atoms with E-state index in [9.17, 15) is 4.79 Å². The molecule has 1 aromatic carbocycles. The van der Waals surface area contributed by atoms with Gasteiger partial charge in [0.1, 0.15) is 5.56 Å². The summed E-state index contributed by atoms with van der Waals surface area (Å²) in [5, 5.41) is 13.0. The summed E-state index contributed by atoms with van der Waals surface area (Å²) in [5.41, 5.74) is 1.70. The molecule has 0 amide bonds. The molecule has 2 aromatic heterocycles. The summed E-state index contributed by atoms with van der Waals surface area (Å²) >= 11 is 1.64. The molecule has 0 unspecified atom stereocenters. The van der Waals surface area contributed by atoms with Gasteiger partial charge >= 0.3 is 5.97 Å². The molecule has 0 bridgehead atoms. The predicted octanol–water partition coefficient (Wildman–Crippen LogP) is 2.72. The maximum Gasteiger partial charge on any atom is 0.341 e. The fourth-order valence-corrected chi connectivity index (χ4v) is 2.65. The largest absolute Gasteiger partial charge is 0.477 e. The zero-order chi connectivity index (χ0) is 13.9. The molecule has 0 aliphatic heterocycles. The smallest absolute Gasteiger partial charge is 0.341 e. The highest BCUT2D eigenvalue weighted by atomic mass is 32.2. The van der Waals surface area contributed by atoms with Crippen LogP contribution in [0.1, 0.15) is 15.9 Å². The maximum atomic E-state index is 11.0. The van der Waals surface area contributed by atoms with E-state index in [1.54, 1.807) is 24.2 Å². The van der Waals surface area contributed by atoms with Crippen molar-refractivity contribution in [3.8, 4) is 0 Å². The molecule has 0 spiro atoms. The minimum absolute atomic E-state index is 0.115. The molecule has 2 heterocycles. The lowest BCUT2D eigenvalue weighted by Crippen LogP contribution is -1.97. The van der Waals surface area contributed by atoms with Gasteiger partial charge in [0.25, 0.3) is 0 Å². The lowest BCUT2D eigenvalue weighted by Gasteiger charge is -2.02. The first kappa shape index (κ1) is 12.7. The Morgan fingerprint density at radius 3 is 2.80 bits per heavy atom. The molecular weight excluding hydrogens is 274 g/mol. The quantitative estimate of drug-likeness (QED) is 0.746. The van der Waals surface area contributed by atoms with E-state index in [0.717, 1.165) is 10.6 Å². The zero-order valence-electron chi connectivity index (χ0n) is 10.4. The van der Waals surface area contributed by atoms with Crippen molar-refractivity contribution in [3.63, 3.8) is 0 Å². The summed E-state index contributed by atoms with van der Waals surface area (Å²) in [6.45, 7) is 0. The Labute approximate surface area is 119 Å². The van der Waals surface area contributed by atoms with Crippen LogP contribution in [0.5, 0.6) is 0 Å². The molecule has 0 aliphatic carbocycles. The molecule has 20 heavy (non-hydrogen) atoms. The molecule has 0 fully saturated rings. The van der Waals surface area contributed by atoms with E-state index in [1.165, 1.54) is 16.3 Å². The molecule has 0 atom stereocenters. The van der Waals surface area contributed by atoms with Gasteiger partial charge in [-0.3, -0.25) is 0 Å². The van der Waals surface area contributed by atoms with E-state index in [0.29, 0.717) is 5.65 Å². The zero-order valence-corrected chi connectivity index (χ0v) is 11.2. The SMILES string of the molecule is O=C(O)c1cnn2cc(SCc3ccccc3)cnc12. The highest BCUT2D eigenvalue weighted by Crippen LogP contribution is 2.22. The van der Waals surface area contributed by atoms with Gasteiger partial charge in [0.2, 0.25) is 0 Å². The Hall–Kier alpha value is -2.34. The molecule has 0 saturated heterocycles. The van der Waals surface area contributed by atoms with Crippen LogP contribution in [-0.2, 0) is 5.75 Å². The Bertz CT molecular complexity index is 755. The minimum Gasteiger partial charge on any atom is -0.477 e. The third kappa shape index (κ3) is 2.50. The van der Waals surface area contributed by atoms with Crippen molar-refractivity contribution in [2.75, 3.05) is 0 Å². The van der Waals surface area contributed by atoms with Crippen LogP contribution in [-0.4, -0.2) is 25.7 Å². The molecule has 100 valence electrons. The van der Waals surface area contributed by atoms with Crippen LogP contribution in [0.15, 0.2) is 53.8 Å². The number of thioether (sulfide) groups is 1. The fourth-order valence-electron chi connectivity index (χ4n) is 1.82. The average molecular weight is 285 g/mol. The molecule has 6 heteroatoms. The second-order valence-electron chi connectivity index (χ2n) is 4.20. The molecule has 0 saturated carbocycles. The van der Waals surface area contributed by atoms with Crippen LogP contribution in [0.4, 0.5) is 0 Å². The lowest BCUT2D eigenvalue weighted by atomic mass is 10.2. The van der Waals surface area contributed by atoms with Crippen LogP contribution in [0.25, 0.3) is 5.65 Å². The van der Waals surface area contributed by atoms with E-state index in [1.807, 2.05) is 18.2 Å². The van der Waals surface area contributed by atoms with Gasteiger partial charge in [-0.2, -0.15) is 5.10 Å². The number of fused-ring (bicyclic) bond motifs is 1. The second-order valence-corrected chi connectivity index (χ2v) is 5.24. The first-order valence-corrected chi connectivity index (χ1v) is 6.96. The number of hydrogen-bond acceptors (Lipinski definition) is 4. The van der Waals surface area contributed by atoms with Crippen molar-refractivity contribution in [1.82, 2.24) is 14.6 Å². The molecule has 0 aliphatic rings. The first-order chi connectivity index (χ1) is 9.74. The Kier molecular flexibility index (Phi) is 3.39. The van der Waals surface area contributed by atoms with Gasteiger partial charge in [-0.25, -0.2) is 14.3 Å². The summed E-state index contributed by atoms with van der Waals surface area (Å²) in [6.07, 6.45) is 4.79. The van der Waals surface area contributed by atoms with Gasteiger partial charge in [0.15, 0.2) is 5.65 Å². The van der Waals surface area contributed by atoms with Crippen LogP contribution >= 0.6 is 11.8 Å². The summed E-state index contributed by atoms with van der Waals surface area (Å²) in [7, 11) is 0. The minimum atomic E-state index is -1.02. The molecule has 5 nitrogen and oxygen atoms in total. The second kappa shape index (κ2) is 5.34. The van der Waals surface area contributed by atoms with Gasteiger partial charge in [0, 0.05) is 23.0 Å². The van der Waals surface area contributed by atoms with Crippen molar-refractivity contribution in [2.45, 2.75) is 10.6 Å². The Morgan fingerprint density at radius 1 is 1.25 bits per heavy atom. The monoisotopic (exact) mass is 285 g/mol. The number of aromatic nitrogens is 3. The molecule has 0 radical (unpaired) electrons. The predicted molar refractivity (Wildman–Crippen MR) is 75.9 cm³/mol. The highest BCUT2D eigenvalue weighted by Gasteiger charge is 2.12. The standard InChI is InChI=1S/C14H11N3O2S/c18-14(19)12-7-16-17-8-11(6-15-13(12)17)20-9-10-4-2-1-3-5-10/h1-8H,9H2,(H,18,19). The van der Waals surface area contributed by atoms with Gasteiger partial charge in [0.05, 0.1) is 6.20 Å². The fraction of sp³-hybridized carbons (Fsp3) is 0.0714. The topological polar surface area (TPSA) is 67.5 Å². The summed E-state index contributed by atoms with van der Waals surface area (Å²) in [4.78, 5) is 16.1. The summed E-state index contributed by atoms with van der Waals surface area (Å²) in [6, 6.07) is 10.1. The van der Waals surface area contributed by atoms with Gasteiger partial charge < -0.3 is 5.11 Å². The maximum absolute atomic E-state index is 11.0. The third-order valence-electron chi connectivity index (χ3n) is 2.81. The van der Waals surface area contributed by atoms with E-state index in [2.05, 4.69) is 22.2 Å². The van der Waals surface area contributed by atoms with Crippen molar-refractivity contribution < 1.29 is 9.90 Å². The first-order valence-electron chi connectivity index (χ1n) is 5.97. The van der Waals surface area contributed by atoms with E-state index >= 15 is 0 Å². The molecular formula is C14H11N3O2S. The van der Waals surface area contributed by atoms with Crippen LogP contribution in [0.2, 0.25) is 0 Å². The molecule has 3 aromatic rings. The van der Waals surface area contributed by atoms with E-state index in [-0.39, 0.29) is 5.56 Å². The number of carboxylic acids is 1.